The second-order valence-corrected chi connectivity index (χ2v) is 5.37. The molecular weight excluding hydrogens is 266 g/mol. The van der Waals surface area contributed by atoms with Crippen molar-refractivity contribution in [1.82, 2.24) is 10.2 Å². The van der Waals surface area contributed by atoms with E-state index in [0.717, 1.165) is 16.6 Å². The van der Waals surface area contributed by atoms with E-state index in [1.54, 1.807) is 0 Å². The number of furan rings is 1. The molecule has 0 aliphatic rings. The maximum atomic E-state index is 12.3. The molecule has 0 aliphatic carbocycles. The van der Waals surface area contributed by atoms with Crippen LogP contribution in [0.25, 0.3) is 11.0 Å². The fraction of sp³-hybridized carbons (Fsp3) is 0.250. The Morgan fingerprint density at radius 1 is 1.33 bits per heavy atom. The molecule has 1 aromatic carbocycles. The summed E-state index contributed by atoms with van der Waals surface area (Å²) in [7, 11) is 0. The number of rotatable bonds is 3. The van der Waals surface area contributed by atoms with E-state index < -0.39 is 0 Å². The minimum atomic E-state index is -0.287. The predicted molar refractivity (Wildman–Crippen MR) is 81.6 cm³/mol. The number of benzene rings is 1. The number of anilines is 1. The van der Waals surface area contributed by atoms with Gasteiger partial charge in [0.15, 0.2) is 11.6 Å². The number of aryl methyl sites for hydroxylation is 1. The minimum Gasteiger partial charge on any atom is -0.451 e. The third kappa shape index (κ3) is 2.42. The molecule has 1 amide bonds. The lowest BCUT2D eigenvalue weighted by molar-refractivity contribution is 0.0997. The smallest absolute Gasteiger partial charge is 0.292 e. The fourth-order valence-corrected chi connectivity index (χ4v) is 2.26. The molecule has 3 aromatic rings. The summed E-state index contributed by atoms with van der Waals surface area (Å²) in [5, 5.41) is 10.7. The van der Waals surface area contributed by atoms with Gasteiger partial charge in [-0.2, -0.15) is 5.10 Å². The molecule has 0 saturated carbocycles. The zero-order valence-corrected chi connectivity index (χ0v) is 12.2. The lowest BCUT2D eigenvalue weighted by Crippen LogP contribution is -2.12. The number of hydrogen-bond acceptors (Lipinski definition) is 3. The monoisotopic (exact) mass is 283 g/mol. The molecule has 0 fully saturated rings. The van der Waals surface area contributed by atoms with Gasteiger partial charge in [0.1, 0.15) is 5.58 Å². The van der Waals surface area contributed by atoms with Crippen molar-refractivity contribution in [3.05, 3.63) is 47.3 Å². The summed E-state index contributed by atoms with van der Waals surface area (Å²) in [4.78, 5) is 12.3. The normalized spacial score (nSPS) is 11.2. The molecule has 0 atom stereocenters. The Morgan fingerprint density at radius 3 is 2.76 bits per heavy atom. The van der Waals surface area contributed by atoms with E-state index in [1.807, 2.05) is 37.3 Å². The minimum absolute atomic E-state index is 0.287. The Balaban J connectivity index is 1.88. The first-order valence-corrected chi connectivity index (χ1v) is 6.91. The Morgan fingerprint density at radius 2 is 2.10 bits per heavy atom. The molecular formula is C16H17N3O2. The number of amides is 1. The summed E-state index contributed by atoms with van der Waals surface area (Å²) in [5.74, 6) is 0.871. The zero-order valence-electron chi connectivity index (χ0n) is 12.2. The van der Waals surface area contributed by atoms with Crippen LogP contribution in [0.3, 0.4) is 0 Å². The lowest BCUT2D eigenvalue weighted by atomic mass is 10.1. The van der Waals surface area contributed by atoms with Crippen LogP contribution < -0.4 is 5.32 Å². The zero-order chi connectivity index (χ0) is 15.0. The molecule has 5 heteroatoms. The number of para-hydroxylation sites is 1. The second kappa shape index (κ2) is 5.09. The molecule has 2 heterocycles. The van der Waals surface area contributed by atoms with Crippen molar-refractivity contribution in [2.45, 2.75) is 26.7 Å². The molecule has 108 valence electrons. The highest BCUT2D eigenvalue weighted by Crippen LogP contribution is 2.25. The quantitative estimate of drug-likeness (QED) is 0.767. The van der Waals surface area contributed by atoms with Gasteiger partial charge in [-0.15, -0.1) is 0 Å². The molecule has 0 saturated heterocycles. The number of carbonyl (C=O) groups is 1. The predicted octanol–water partition coefficient (Wildman–Crippen LogP) is 3.84. The molecule has 5 nitrogen and oxygen atoms in total. The van der Waals surface area contributed by atoms with Crippen molar-refractivity contribution in [3.63, 3.8) is 0 Å². The summed E-state index contributed by atoms with van der Waals surface area (Å²) < 4.78 is 5.64. The Kier molecular flexibility index (Phi) is 3.25. The van der Waals surface area contributed by atoms with Crippen LogP contribution in [0, 0.1) is 6.92 Å². The van der Waals surface area contributed by atoms with Gasteiger partial charge in [0, 0.05) is 22.7 Å². The highest BCUT2D eigenvalue weighted by atomic mass is 16.3. The molecule has 21 heavy (non-hydrogen) atoms. The van der Waals surface area contributed by atoms with Gasteiger partial charge < -0.3 is 9.73 Å². The summed E-state index contributed by atoms with van der Waals surface area (Å²) >= 11 is 0. The molecule has 0 bridgehead atoms. The van der Waals surface area contributed by atoms with Crippen LogP contribution in [0.4, 0.5) is 5.82 Å². The fourth-order valence-electron chi connectivity index (χ4n) is 2.26. The van der Waals surface area contributed by atoms with Crippen LogP contribution in [-0.2, 0) is 0 Å². The van der Waals surface area contributed by atoms with Crippen LogP contribution in [-0.4, -0.2) is 16.1 Å². The number of carbonyl (C=O) groups excluding carboxylic acids is 1. The average Bonchev–Trinajstić information content (AvgIpc) is 3.05. The van der Waals surface area contributed by atoms with Gasteiger partial charge in [0.2, 0.25) is 0 Å². The van der Waals surface area contributed by atoms with Crippen molar-refractivity contribution in [2.75, 3.05) is 5.32 Å². The van der Waals surface area contributed by atoms with E-state index in [-0.39, 0.29) is 5.91 Å². The van der Waals surface area contributed by atoms with E-state index in [0.29, 0.717) is 23.1 Å². The number of H-pyrrole nitrogens is 1. The molecule has 0 unspecified atom stereocenters. The van der Waals surface area contributed by atoms with E-state index in [9.17, 15) is 4.79 Å². The first kappa shape index (κ1) is 13.4. The van der Waals surface area contributed by atoms with Gasteiger partial charge in [-0.1, -0.05) is 32.0 Å². The number of aromatic amines is 1. The first-order valence-electron chi connectivity index (χ1n) is 6.91. The van der Waals surface area contributed by atoms with E-state index in [2.05, 4.69) is 29.4 Å². The Labute approximate surface area is 122 Å². The largest absolute Gasteiger partial charge is 0.451 e. The van der Waals surface area contributed by atoms with Crippen molar-refractivity contribution in [1.29, 1.82) is 0 Å². The van der Waals surface area contributed by atoms with Crippen molar-refractivity contribution in [2.24, 2.45) is 0 Å². The molecule has 2 aromatic heterocycles. The Hall–Kier alpha value is -2.56. The highest BCUT2D eigenvalue weighted by molar-refractivity contribution is 6.06. The highest BCUT2D eigenvalue weighted by Gasteiger charge is 2.18. The van der Waals surface area contributed by atoms with E-state index in [4.69, 9.17) is 4.42 Å². The van der Waals surface area contributed by atoms with Gasteiger partial charge in [-0.05, 0) is 18.9 Å². The number of nitrogens with one attached hydrogen (secondary N) is 2. The van der Waals surface area contributed by atoms with Crippen LogP contribution in [0.2, 0.25) is 0 Å². The van der Waals surface area contributed by atoms with Crippen molar-refractivity contribution >= 4 is 22.7 Å². The SMILES string of the molecule is Cc1c(C(=O)Nc2cc(C(C)C)[nH]n2)oc2ccccc12. The van der Waals surface area contributed by atoms with Crippen molar-refractivity contribution in [3.8, 4) is 0 Å². The molecule has 2 N–H and O–H groups in total. The van der Waals surface area contributed by atoms with E-state index in [1.165, 1.54) is 0 Å². The summed E-state index contributed by atoms with van der Waals surface area (Å²) in [6.07, 6.45) is 0. The molecule has 0 radical (unpaired) electrons. The van der Waals surface area contributed by atoms with Gasteiger partial charge in [0.05, 0.1) is 0 Å². The third-order valence-corrected chi connectivity index (χ3v) is 3.51. The lowest BCUT2D eigenvalue weighted by Gasteiger charge is -1.99. The number of nitrogens with zero attached hydrogens (tertiary/aromatic N) is 1. The summed E-state index contributed by atoms with van der Waals surface area (Å²) in [6.45, 7) is 6.00. The first-order chi connectivity index (χ1) is 10.1. The standard InChI is InChI=1S/C16H17N3O2/c1-9(2)12-8-14(19-18-12)17-16(20)15-10(3)11-6-4-5-7-13(11)21-15/h4-9H,1-3H3,(H2,17,18,19,20). The molecule has 0 aliphatic heterocycles. The summed E-state index contributed by atoms with van der Waals surface area (Å²) in [5.41, 5.74) is 2.53. The molecule has 0 spiro atoms. The van der Waals surface area contributed by atoms with Gasteiger partial charge in [-0.25, -0.2) is 0 Å². The van der Waals surface area contributed by atoms with Crippen LogP contribution >= 0.6 is 0 Å². The number of hydrogen-bond donors (Lipinski definition) is 2. The number of fused-ring (bicyclic) bond motifs is 1. The third-order valence-electron chi connectivity index (χ3n) is 3.51. The van der Waals surface area contributed by atoms with Gasteiger partial charge >= 0.3 is 0 Å². The summed E-state index contributed by atoms with van der Waals surface area (Å²) in [6, 6.07) is 9.44. The second-order valence-electron chi connectivity index (χ2n) is 5.37. The van der Waals surface area contributed by atoms with Crippen LogP contribution in [0.15, 0.2) is 34.7 Å². The van der Waals surface area contributed by atoms with Crippen LogP contribution in [0.1, 0.15) is 41.6 Å². The Bertz CT molecular complexity index is 799. The average molecular weight is 283 g/mol. The van der Waals surface area contributed by atoms with Crippen LogP contribution in [0.5, 0.6) is 0 Å². The van der Waals surface area contributed by atoms with Crippen molar-refractivity contribution < 1.29 is 9.21 Å². The van der Waals surface area contributed by atoms with Gasteiger partial charge in [0.25, 0.3) is 5.91 Å². The number of aromatic nitrogens is 2. The van der Waals surface area contributed by atoms with E-state index >= 15 is 0 Å². The maximum absolute atomic E-state index is 12.3. The maximum Gasteiger partial charge on any atom is 0.292 e. The topological polar surface area (TPSA) is 70.9 Å². The van der Waals surface area contributed by atoms with Gasteiger partial charge in [-0.3, -0.25) is 9.89 Å². The molecule has 3 rings (SSSR count).